The van der Waals surface area contributed by atoms with Crippen molar-refractivity contribution in [2.24, 2.45) is 0 Å². The van der Waals surface area contributed by atoms with Crippen molar-refractivity contribution >= 4 is 33.1 Å². The highest BCUT2D eigenvalue weighted by Crippen LogP contribution is 2.38. The highest BCUT2D eigenvalue weighted by Gasteiger charge is 2.13. The number of hydrogen-bond acceptors (Lipinski definition) is 6. The molecular formula is C27H23N3O2S. The molecule has 2 aromatic heterocycles. The van der Waals surface area contributed by atoms with Gasteiger partial charge in [-0.05, 0) is 54.4 Å². The molecule has 0 unspecified atom stereocenters. The zero-order valence-electron chi connectivity index (χ0n) is 18.2. The van der Waals surface area contributed by atoms with Gasteiger partial charge in [0, 0.05) is 16.6 Å². The van der Waals surface area contributed by atoms with Gasteiger partial charge in [-0.15, -0.1) is 11.3 Å². The van der Waals surface area contributed by atoms with E-state index >= 15 is 0 Å². The normalized spacial score (nSPS) is 10.8. The molecule has 6 heteroatoms. The van der Waals surface area contributed by atoms with Gasteiger partial charge in [0.05, 0.1) is 12.0 Å². The number of hydrogen-bond donors (Lipinski definition) is 1. The molecule has 0 aliphatic heterocycles. The highest BCUT2D eigenvalue weighted by molar-refractivity contribution is 7.17. The summed E-state index contributed by atoms with van der Waals surface area (Å²) in [7, 11) is 0. The van der Waals surface area contributed by atoms with Crippen molar-refractivity contribution < 1.29 is 9.47 Å². The van der Waals surface area contributed by atoms with Crippen LogP contribution in [0.5, 0.6) is 11.5 Å². The maximum absolute atomic E-state index is 5.90. The molecule has 0 radical (unpaired) electrons. The molecule has 33 heavy (non-hydrogen) atoms. The number of aromatic nitrogens is 2. The Morgan fingerprint density at radius 1 is 0.818 bits per heavy atom. The van der Waals surface area contributed by atoms with Gasteiger partial charge in [0.1, 0.15) is 35.1 Å². The van der Waals surface area contributed by atoms with E-state index in [0.717, 1.165) is 49.9 Å². The molecule has 3 aromatic carbocycles. The van der Waals surface area contributed by atoms with E-state index in [9.17, 15) is 0 Å². The Bertz CT molecular complexity index is 1330. The van der Waals surface area contributed by atoms with Gasteiger partial charge in [-0.1, -0.05) is 42.5 Å². The molecule has 0 amide bonds. The second kappa shape index (κ2) is 9.71. The van der Waals surface area contributed by atoms with E-state index in [4.69, 9.17) is 9.47 Å². The summed E-state index contributed by atoms with van der Waals surface area (Å²) in [5.74, 6) is 2.47. The number of benzene rings is 3. The minimum atomic E-state index is 0.542. The molecule has 0 aliphatic carbocycles. The first-order valence-electron chi connectivity index (χ1n) is 10.8. The lowest BCUT2D eigenvalue weighted by Crippen LogP contribution is -1.97. The molecule has 0 saturated heterocycles. The fourth-order valence-electron chi connectivity index (χ4n) is 3.59. The van der Waals surface area contributed by atoms with Gasteiger partial charge < -0.3 is 14.8 Å². The zero-order valence-corrected chi connectivity index (χ0v) is 19.0. The lowest BCUT2D eigenvalue weighted by Gasteiger charge is -2.10. The average molecular weight is 454 g/mol. The van der Waals surface area contributed by atoms with Gasteiger partial charge in [-0.2, -0.15) is 0 Å². The highest BCUT2D eigenvalue weighted by atomic mass is 32.1. The van der Waals surface area contributed by atoms with Crippen molar-refractivity contribution in [1.29, 1.82) is 0 Å². The number of ether oxygens (including phenoxy) is 2. The third kappa shape index (κ3) is 4.81. The summed E-state index contributed by atoms with van der Waals surface area (Å²) in [6, 6.07) is 26.2. The summed E-state index contributed by atoms with van der Waals surface area (Å²) in [5.41, 5.74) is 4.28. The third-order valence-corrected chi connectivity index (χ3v) is 6.10. The van der Waals surface area contributed by atoms with Gasteiger partial charge in [-0.25, -0.2) is 9.97 Å². The molecule has 0 saturated carbocycles. The molecule has 0 spiro atoms. The number of thiophene rings is 1. The maximum atomic E-state index is 5.90. The summed E-state index contributed by atoms with van der Waals surface area (Å²) < 4.78 is 11.5. The van der Waals surface area contributed by atoms with E-state index in [1.807, 2.05) is 61.5 Å². The largest absolute Gasteiger partial charge is 0.494 e. The summed E-state index contributed by atoms with van der Waals surface area (Å²) in [6.07, 6.45) is 1.60. The van der Waals surface area contributed by atoms with Crippen LogP contribution in [0, 0.1) is 0 Å². The molecule has 5 rings (SSSR count). The first-order chi connectivity index (χ1) is 16.3. The summed E-state index contributed by atoms with van der Waals surface area (Å²) in [5, 5.41) is 6.59. The minimum absolute atomic E-state index is 0.542. The van der Waals surface area contributed by atoms with E-state index in [2.05, 4.69) is 44.9 Å². The second-order valence-electron chi connectivity index (χ2n) is 7.43. The summed E-state index contributed by atoms with van der Waals surface area (Å²) in [6.45, 7) is 3.18. The fourth-order valence-corrected chi connectivity index (χ4v) is 4.51. The van der Waals surface area contributed by atoms with Crippen LogP contribution in [0.25, 0.3) is 21.3 Å². The predicted molar refractivity (Wildman–Crippen MR) is 135 cm³/mol. The second-order valence-corrected chi connectivity index (χ2v) is 8.29. The molecule has 5 nitrogen and oxygen atoms in total. The van der Waals surface area contributed by atoms with Crippen LogP contribution in [-0.2, 0) is 6.61 Å². The van der Waals surface area contributed by atoms with Gasteiger partial charge >= 0.3 is 0 Å². The number of anilines is 2. The molecule has 2 heterocycles. The number of nitrogens with zero attached hydrogens (tertiary/aromatic N) is 2. The Balaban J connectivity index is 1.36. The van der Waals surface area contributed by atoms with Crippen molar-refractivity contribution in [3.8, 4) is 22.6 Å². The van der Waals surface area contributed by atoms with Gasteiger partial charge in [0.25, 0.3) is 0 Å². The van der Waals surface area contributed by atoms with Crippen molar-refractivity contribution in [1.82, 2.24) is 9.97 Å². The van der Waals surface area contributed by atoms with E-state index in [1.165, 1.54) is 0 Å². The Kier molecular flexibility index (Phi) is 6.17. The fraction of sp³-hybridized carbons (Fsp3) is 0.111. The van der Waals surface area contributed by atoms with Crippen LogP contribution in [0.4, 0.5) is 11.5 Å². The topological polar surface area (TPSA) is 56.3 Å². The lowest BCUT2D eigenvalue weighted by atomic mass is 10.1. The Hall–Kier alpha value is -3.90. The van der Waals surface area contributed by atoms with Crippen LogP contribution < -0.4 is 14.8 Å². The van der Waals surface area contributed by atoms with Crippen molar-refractivity contribution in [2.45, 2.75) is 13.5 Å². The van der Waals surface area contributed by atoms with Crippen LogP contribution in [-0.4, -0.2) is 16.6 Å². The third-order valence-electron chi connectivity index (χ3n) is 5.21. The first-order valence-corrected chi connectivity index (χ1v) is 11.7. The zero-order chi connectivity index (χ0) is 22.5. The monoisotopic (exact) mass is 453 g/mol. The molecule has 0 atom stereocenters. The number of fused-ring (bicyclic) bond motifs is 1. The SMILES string of the molecule is CCOc1ccc(-c2csc3ncnc(Nc4ccc(OCc5ccccc5)cc4)c23)cc1. The maximum Gasteiger partial charge on any atom is 0.143 e. The van der Waals surface area contributed by atoms with Crippen LogP contribution in [0.3, 0.4) is 0 Å². The molecule has 164 valence electrons. The van der Waals surface area contributed by atoms with Crippen molar-refractivity contribution in [2.75, 3.05) is 11.9 Å². The lowest BCUT2D eigenvalue weighted by molar-refractivity contribution is 0.306. The van der Waals surface area contributed by atoms with Gasteiger partial charge in [0.2, 0.25) is 0 Å². The summed E-state index contributed by atoms with van der Waals surface area (Å²) in [4.78, 5) is 9.94. The standard InChI is InChI=1S/C27H23N3O2S/c1-2-31-22-12-8-20(9-13-22)24-17-33-27-25(24)26(28-18-29-27)30-21-10-14-23(15-11-21)32-16-19-6-4-3-5-7-19/h3-15,17-18H,2,16H2,1H3,(H,28,29,30). The van der Waals surface area contributed by atoms with Crippen LogP contribution in [0.2, 0.25) is 0 Å². The van der Waals surface area contributed by atoms with Gasteiger partial charge in [-0.3, -0.25) is 0 Å². The van der Waals surface area contributed by atoms with E-state index < -0.39 is 0 Å². The molecule has 0 fully saturated rings. The van der Waals surface area contributed by atoms with Crippen LogP contribution >= 0.6 is 11.3 Å². The molecule has 1 N–H and O–H groups in total. The first kappa shape index (κ1) is 21.0. The summed E-state index contributed by atoms with van der Waals surface area (Å²) >= 11 is 1.61. The Morgan fingerprint density at radius 2 is 1.55 bits per heavy atom. The van der Waals surface area contributed by atoms with Gasteiger partial charge in [0.15, 0.2) is 0 Å². The molecule has 0 aliphatic rings. The van der Waals surface area contributed by atoms with Crippen LogP contribution in [0.15, 0.2) is 90.6 Å². The van der Waals surface area contributed by atoms with Crippen LogP contribution in [0.1, 0.15) is 12.5 Å². The molecular weight excluding hydrogens is 430 g/mol. The van der Waals surface area contributed by atoms with Crippen molar-refractivity contribution in [3.63, 3.8) is 0 Å². The van der Waals surface area contributed by atoms with E-state index in [0.29, 0.717) is 13.2 Å². The number of rotatable bonds is 8. The predicted octanol–water partition coefficient (Wildman–Crippen LogP) is 7.08. The smallest absolute Gasteiger partial charge is 0.143 e. The quantitative estimate of drug-likeness (QED) is 0.272. The molecule has 0 bridgehead atoms. The Labute approximate surface area is 196 Å². The minimum Gasteiger partial charge on any atom is -0.494 e. The van der Waals surface area contributed by atoms with E-state index in [1.54, 1.807) is 17.7 Å². The van der Waals surface area contributed by atoms with Crippen molar-refractivity contribution in [3.05, 3.63) is 96.1 Å². The van der Waals surface area contributed by atoms with E-state index in [-0.39, 0.29) is 0 Å². The number of nitrogens with one attached hydrogen (secondary N) is 1. The molecule has 5 aromatic rings. The Morgan fingerprint density at radius 3 is 2.30 bits per heavy atom. The average Bonchev–Trinajstić information content (AvgIpc) is 3.30.